The van der Waals surface area contributed by atoms with Gasteiger partial charge in [0.05, 0.1) is 0 Å². The fraction of sp³-hybridized carbons (Fsp3) is 0.200. The minimum Gasteiger partial charge on any atom is -0.457 e. The topological polar surface area (TPSA) is 70.5 Å². The summed E-state index contributed by atoms with van der Waals surface area (Å²) >= 11 is 0. The van der Waals surface area contributed by atoms with Gasteiger partial charge in [0.25, 0.3) is 0 Å². The van der Waals surface area contributed by atoms with Crippen molar-refractivity contribution in [3.05, 3.63) is 108 Å². The van der Waals surface area contributed by atoms with Gasteiger partial charge in [-0.1, -0.05) is 58.4 Å². The van der Waals surface area contributed by atoms with Gasteiger partial charge in [-0.3, -0.25) is 0 Å². The van der Waals surface area contributed by atoms with E-state index in [0.717, 1.165) is 23.0 Å². The lowest BCUT2D eigenvalue weighted by molar-refractivity contribution is 0.481. The van der Waals surface area contributed by atoms with Crippen LogP contribution >= 0.6 is 0 Å². The van der Waals surface area contributed by atoms with Crippen LogP contribution in [-0.2, 0) is 5.41 Å². The van der Waals surface area contributed by atoms with E-state index in [0.29, 0.717) is 11.4 Å². The van der Waals surface area contributed by atoms with Crippen LogP contribution in [0.4, 0.5) is 11.4 Å². The summed E-state index contributed by atoms with van der Waals surface area (Å²) in [7, 11) is 0. The first-order chi connectivity index (χ1) is 16.3. The van der Waals surface area contributed by atoms with Crippen molar-refractivity contribution in [2.75, 3.05) is 11.5 Å². The number of anilines is 2. The summed E-state index contributed by atoms with van der Waals surface area (Å²) < 4.78 is 11.8. The number of hydrogen-bond acceptors (Lipinski definition) is 4. The first-order valence-electron chi connectivity index (χ1n) is 11.6. The van der Waals surface area contributed by atoms with Gasteiger partial charge in [-0.15, -0.1) is 0 Å². The smallest absolute Gasteiger partial charge is 0.127 e. The SMILES string of the molecule is CC(C)(c1ccc(Oc2ccc(N)cc2)cc1)c1ccc(Oc2ccc(N)cc2)cc1.CCC. The molecule has 0 spiro atoms. The van der Waals surface area contributed by atoms with Crippen LogP contribution in [0.1, 0.15) is 45.2 Å². The zero-order chi connectivity index (χ0) is 24.6. The summed E-state index contributed by atoms with van der Waals surface area (Å²) in [5.41, 5.74) is 15.1. The lowest BCUT2D eigenvalue weighted by Crippen LogP contribution is -2.18. The van der Waals surface area contributed by atoms with Gasteiger partial charge in [0.15, 0.2) is 0 Å². The molecular formula is C30H34N2O2. The van der Waals surface area contributed by atoms with Crippen molar-refractivity contribution in [2.24, 2.45) is 0 Å². The Morgan fingerprint density at radius 1 is 0.500 bits per heavy atom. The summed E-state index contributed by atoms with van der Waals surface area (Å²) in [6.07, 6.45) is 1.25. The van der Waals surface area contributed by atoms with E-state index in [1.54, 1.807) is 0 Å². The van der Waals surface area contributed by atoms with Gasteiger partial charge in [-0.2, -0.15) is 0 Å². The number of nitrogens with two attached hydrogens (primary N) is 2. The minimum absolute atomic E-state index is 0.167. The second kappa shape index (κ2) is 11.3. The molecule has 0 atom stereocenters. The van der Waals surface area contributed by atoms with Gasteiger partial charge >= 0.3 is 0 Å². The van der Waals surface area contributed by atoms with Crippen molar-refractivity contribution in [2.45, 2.75) is 39.5 Å². The first kappa shape index (κ1) is 24.7. The average Bonchev–Trinajstić information content (AvgIpc) is 2.83. The normalized spacial score (nSPS) is 10.7. The lowest BCUT2D eigenvalue weighted by Gasteiger charge is -2.26. The molecule has 0 aliphatic rings. The van der Waals surface area contributed by atoms with Crippen molar-refractivity contribution in [3.63, 3.8) is 0 Å². The van der Waals surface area contributed by atoms with Crippen LogP contribution < -0.4 is 20.9 Å². The molecule has 0 aromatic heterocycles. The highest BCUT2D eigenvalue weighted by Gasteiger charge is 2.23. The molecule has 0 radical (unpaired) electrons. The van der Waals surface area contributed by atoms with Crippen LogP contribution in [0.2, 0.25) is 0 Å². The molecule has 0 aliphatic carbocycles. The second-order valence-electron chi connectivity index (χ2n) is 8.72. The van der Waals surface area contributed by atoms with Crippen molar-refractivity contribution in [1.29, 1.82) is 0 Å². The molecule has 0 fully saturated rings. The third kappa shape index (κ3) is 6.55. The second-order valence-corrected chi connectivity index (χ2v) is 8.72. The number of hydrogen-bond donors (Lipinski definition) is 2. The van der Waals surface area contributed by atoms with E-state index >= 15 is 0 Å². The molecule has 0 saturated carbocycles. The maximum Gasteiger partial charge on any atom is 0.127 e. The van der Waals surface area contributed by atoms with Crippen molar-refractivity contribution in [3.8, 4) is 23.0 Å². The number of ether oxygens (including phenoxy) is 2. The molecule has 4 nitrogen and oxygen atoms in total. The Balaban J connectivity index is 0.00000103. The van der Waals surface area contributed by atoms with Crippen LogP contribution in [0.25, 0.3) is 0 Å². The Morgan fingerprint density at radius 2 is 0.735 bits per heavy atom. The van der Waals surface area contributed by atoms with Crippen LogP contribution in [0.15, 0.2) is 97.1 Å². The first-order valence-corrected chi connectivity index (χ1v) is 11.6. The van der Waals surface area contributed by atoms with Gasteiger partial charge in [-0.25, -0.2) is 0 Å². The fourth-order valence-electron chi connectivity index (χ4n) is 3.39. The van der Waals surface area contributed by atoms with Crippen LogP contribution in [0.5, 0.6) is 23.0 Å². The Morgan fingerprint density at radius 3 is 1.00 bits per heavy atom. The van der Waals surface area contributed by atoms with E-state index < -0.39 is 0 Å². The number of rotatable bonds is 6. The molecule has 0 amide bonds. The van der Waals surface area contributed by atoms with E-state index in [1.165, 1.54) is 17.5 Å². The van der Waals surface area contributed by atoms with Gasteiger partial charge in [0.2, 0.25) is 0 Å². The van der Waals surface area contributed by atoms with E-state index in [9.17, 15) is 0 Å². The summed E-state index contributed by atoms with van der Waals surface area (Å²) in [5, 5.41) is 0. The summed E-state index contributed by atoms with van der Waals surface area (Å²) in [4.78, 5) is 0. The quantitative estimate of drug-likeness (QED) is 0.288. The van der Waals surface area contributed by atoms with Crippen LogP contribution in [0, 0.1) is 0 Å². The largest absolute Gasteiger partial charge is 0.457 e. The highest BCUT2D eigenvalue weighted by Crippen LogP contribution is 2.34. The molecule has 0 saturated heterocycles. The molecule has 4 aromatic carbocycles. The standard InChI is InChI=1S/C27H26N2O2.C3H8/c1-27(2,19-3-11-23(12-4-19)30-25-15-7-21(28)8-16-25)20-5-13-24(14-6-20)31-26-17-9-22(29)10-18-26;1-3-2/h3-18H,28-29H2,1-2H3;3H2,1-2H3. The molecule has 4 aromatic rings. The Kier molecular flexibility index (Phi) is 8.20. The number of benzene rings is 4. The van der Waals surface area contributed by atoms with Crippen molar-refractivity contribution >= 4 is 11.4 Å². The highest BCUT2D eigenvalue weighted by atomic mass is 16.5. The molecular weight excluding hydrogens is 420 g/mol. The minimum atomic E-state index is -0.167. The van der Waals surface area contributed by atoms with Gasteiger partial charge in [-0.05, 0) is 83.9 Å². The molecule has 176 valence electrons. The fourth-order valence-corrected chi connectivity index (χ4v) is 3.39. The molecule has 0 unspecified atom stereocenters. The van der Waals surface area contributed by atoms with Crippen molar-refractivity contribution < 1.29 is 9.47 Å². The monoisotopic (exact) mass is 454 g/mol. The molecule has 4 N–H and O–H groups in total. The third-order valence-corrected chi connectivity index (χ3v) is 5.38. The zero-order valence-electron chi connectivity index (χ0n) is 20.4. The van der Waals surface area contributed by atoms with E-state index in [1.807, 2.05) is 72.8 Å². The van der Waals surface area contributed by atoms with E-state index in [-0.39, 0.29) is 5.41 Å². The molecule has 34 heavy (non-hydrogen) atoms. The van der Waals surface area contributed by atoms with Crippen LogP contribution in [0.3, 0.4) is 0 Å². The van der Waals surface area contributed by atoms with Crippen molar-refractivity contribution in [1.82, 2.24) is 0 Å². The van der Waals surface area contributed by atoms with Crippen LogP contribution in [-0.4, -0.2) is 0 Å². The van der Waals surface area contributed by atoms with E-state index in [2.05, 4.69) is 52.0 Å². The van der Waals surface area contributed by atoms with Gasteiger partial charge < -0.3 is 20.9 Å². The molecule has 4 rings (SSSR count). The highest BCUT2D eigenvalue weighted by molar-refractivity contribution is 5.46. The Hall–Kier alpha value is -3.92. The zero-order valence-corrected chi connectivity index (χ0v) is 20.4. The molecule has 0 bridgehead atoms. The molecule has 0 aliphatic heterocycles. The van der Waals surface area contributed by atoms with Gasteiger partial charge in [0, 0.05) is 16.8 Å². The third-order valence-electron chi connectivity index (χ3n) is 5.38. The summed E-state index contributed by atoms with van der Waals surface area (Å²) in [6.45, 7) is 8.66. The molecule has 0 heterocycles. The van der Waals surface area contributed by atoms with E-state index in [4.69, 9.17) is 20.9 Å². The summed E-state index contributed by atoms with van der Waals surface area (Å²) in [5.74, 6) is 3.10. The predicted molar refractivity (Wildman–Crippen MR) is 143 cm³/mol. The Bertz CT molecular complexity index is 1060. The maximum absolute atomic E-state index is 5.91. The molecule has 4 heteroatoms. The van der Waals surface area contributed by atoms with Gasteiger partial charge in [0.1, 0.15) is 23.0 Å². The Labute approximate surface area is 203 Å². The number of nitrogen functional groups attached to an aromatic ring is 2. The maximum atomic E-state index is 5.91. The lowest BCUT2D eigenvalue weighted by atomic mass is 9.78. The predicted octanol–water partition coefficient (Wildman–Crippen LogP) is 8.18. The average molecular weight is 455 g/mol. The summed E-state index contributed by atoms with van der Waals surface area (Å²) in [6, 6.07) is 31.1.